The van der Waals surface area contributed by atoms with Crippen molar-refractivity contribution in [1.29, 1.82) is 0 Å². The molecule has 2 atom stereocenters. The molecule has 4 rings (SSSR count). The molecule has 0 spiro atoms. The van der Waals surface area contributed by atoms with Crippen LogP contribution in [0.1, 0.15) is 18.4 Å². The highest BCUT2D eigenvalue weighted by atomic mass is 32.1. The predicted molar refractivity (Wildman–Crippen MR) is 91.3 cm³/mol. The summed E-state index contributed by atoms with van der Waals surface area (Å²) in [6, 6.07) is 2.45. The number of alkyl halides is 3. The molecule has 1 aromatic rings. The van der Waals surface area contributed by atoms with Gasteiger partial charge in [0.15, 0.2) is 0 Å². The summed E-state index contributed by atoms with van der Waals surface area (Å²) in [6.45, 7) is 4.12. The van der Waals surface area contributed by atoms with Gasteiger partial charge in [-0.3, -0.25) is 9.69 Å². The molecule has 10 heteroatoms. The maximum atomic E-state index is 12.1. The summed E-state index contributed by atoms with van der Waals surface area (Å²) < 4.78 is 37.5. The molecule has 1 N–H and O–H groups in total. The van der Waals surface area contributed by atoms with Crippen molar-refractivity contribution in [2.24, 2.45) is 5.92 Å². The number of hydrogen-bond donors (Lipinski definition) is 1. The molecule has 2 saturated heterocycles. The van der Waals surface area contributed by atoms with Crippen LogP contribution in [0.5, 0.6) is 0 Å². The first kappa shape index (κ1) is 20.1. The zero-order valence-corrected chi connectivity index (χ0v) is 15.3. The van der Waals surface area contributed by atoms with Crippen LogP contribution >= 0.6 is 11.3 Å². The molecule has 6 nitrogen and oxygen atoms in total. The first-order valence-electron chi connectivity index (χ1n) is 8.68. The Kier molecular flexibility index (Phi) is 6.07. The molecule has 3 heterocycles. The van der Waals surface area contributed by atoms with Crippen molar-refractivity contribution in [2.45, 2.75) is 37.7 Å². The standard InChI is InChI=1S/C15H20N2O2S.C2HF3O2/c18-15-9-19-14-8-16(5-12-3-4-20-10-12)7-13(14)17(15)6-11-1-2-11;3-2(4,5)1(6)7/h3-4,10-11,13-14H,1-2,5-9H2;(H,6,7)/t13-,14-;/m1./s1. The van der Waals surface area contributed by atoms with Crippen molar-refractivity contribution in [1.82, 2.24) is 9.80 Å². The van der Waals surface area contributed by atoms with E-state index in [1.54, 1.807) is 11.3 Å². The summed E-state index contributed by atoms with van der Waals surface area (Å²) in [5, 5.41) is 11.5. The lowest BCUT2D eigenvalue weighted by atomic mass is 10.1. The largest absolute Gasteiger partial charge is 0.490 e. The number of morpholine rings is 1. The van der Waals surface area contributed by atoms with Gasteiger partial charge in [0.1, 0.15) is 6.61 Å². The molecule has 27 heavy (non-hydrogen) atoms. The van der Waals surface area contributed by atoms with E-state index in [2.05, 4.69) is 26.6 Å². The Hall–Kier alpha value is -1.65. The number of carbonyl (C=O) groups excluding carboxylic acids is 1. The van der Waals surface area contributed by atoms with E-state index >= 15 is 0 Å². The topological polar surface area (TPSA) is 70.1 Å². The Labute approximate surface area is 158 Å². The van der Waals surface area contributed by atoms with E-state index in [1.165, 1.54) is 18.4 Å². The monoisotopic (exact) mass is 406 g/mol. The van der Waals surface area contributed by atoms with E-state index in [9.17, 15) is 18.0 Å². The molecule has 0 radical (unpaired) electrons. The van der Waals surface area contributed by atoms with Gasteiger partial charge in [-0.05, 0) is 41.1 Å². The molecule has 3 fully saturated rings. The molecule has 0 aromatic carbocycles. The van der Waals surface area contributed by atoms with E-state index in [0.29, 0.717) is 0 Å². The van der Waals surface area contributed by atoms with E-state index in [4.69, 9.17) is 14.6 Å². The fourth-order valence-electron chi connectivity index (χ4n) is 3.33. The van der Waals surface area contributed by atoms with Gasteiger partial charge < -0.3 is 14.7 Å². The summed E-state index contributed by atoms with van der Waals surface area (Å²) in [6.07, 6.45) is -2.29. The van der Waals surface area contributed by atoms with Crippen LogP contribution in [0, 0.1) is 5.92 Å². The minimum Gasteiger partial charge on any atom is -0.475 e. The molecular formula is C17H21F3N2O4S. The molecule has 1 amide bonds. The van der Waals surface area contributed by atoms with E-state index in [1.807, 2.05) is 0 Å². The third kappa shape index (κ3) is 5.43. The molecule has 1 aromatic heterocycles. The van der Waals surface area contributed by atoms with Crippen LogP contribution < -0.4 is 0 Å². The lowest BCUT2D eigenvalue weighted by molar-refractivity contribution is -0.192. The predicted octanol–water partition coefficient (Wildman–Crippen LogP) is 2.20. The third-order valence-electron chi connectivity index (χ3n) is 4.83. The Bertz CT molecular complexity index is 664. The highest BCUT2D eigenvalue weighted by Crippen LogP contribution is 2.33. The lowest BCUT2D eigenvalue weighted by Crippen LogP contribution is -2.54. The number of likely N-dealkylation sites (tertiary alicyclic amines) is 1. The Morgan fingerprint density at radius 2 is 2.04 bits per heavy atom. The summed E-state index contributed by atoms with van der Waals surface area (Å²) >= 11 is 1.74. The van der Waals surface area contributed by atoms with Crippen LogP contribution in [-0.2, 0) is 20.9 Å². The third-order valence-corrected chi connectivity index (χ3v) is 5.57. The van der Waals surface area contributed by atoms with Crippen LogP contribution in [0.2, 0.25) is 0 Å². The fourth-order valence-corrected chi connectivity index (χ4v) is 3.99. The average Bonchev–Trinajstić information content (AvgIpc) is 3.09. The minimum atomic E-state index is -5.08. The first-order chi connectivity index (χ1) is 12.7. The molecule has 2 aliphatic heterocycles. The Balaban J connectivity index is 0.000000260. The maximum Gasteiger partial charge on any atom is 0.490 e. The van der Waals surface area contributed by atoms with Gasteiger partial charge in [-0.2, -0.15) is 24.5 Å². The zero-order chi connectivity index (χ0) is 19.6. The number of thiophene rings is 1. The Morgan fingerprint density at radius 1 is 1.33 bits per heavy atom. The average molecular weight is 406 g/mol. The summed E-state index contributed by atoms with van der Waals surface area (Å²) in [4.78, 5) is 25.5. The van der Waals surface area contributed by atoms with Crippen LogP contribution in [0.25, 0.3) is 0 Å². The number of aliphatic carboxylic acids is 1. The van der Waals surface area contributed by atoms with Crippen LogP contribution in [-0.4, -0.2) is 71.3 Å². The number of carbonyl (C=O) groups is 2. The van der Waals surface area contributed by atoms with Gasteiger partial charge in [-0.15, -0.1) is 0 Å². The summed E-state index contributed by atoms with van der Waals surface area (Å²) in [5.74, 6) is -1.81. The van der Waals surface area contributed by atoms with Gasteiger partial charge in [0.2, 0.25) is 5.91 Å². The second kappa shape index (κ2) is 8.15. The molecular weight excluding hydrogens is 385 g/mol. The van der Waals surface area contributed by atoms with Crippen molar-refractivity contribution in [3.05, 3.63) is 22.4 Å². The van der Waals surface area contributed by atoms with Gasteiger partial charge >= 0.3 is 12.1 Å². The van der Waals surface area contributed by atoms with Gasteiger partial charge in [0.25, 0.3) is 0 Å². The van der Waals surface area contributed by atoms with Crippen molar-refractivity contribution in [3.63, 3.8) is 0 Å². The fraction of sp³-hybridized carbons (Fsp3) is 0.647. The lowest BCUT2D eigenvalue weighted by Gasteiger charge is -2.36. The normalized spacial score (nSPS) is 25.7. The number of amides is 1. The smallest absolute Gasteiger partial charge is 0.475 e. The number of hydrogen-bond acceptors (Lipinski definition) is 5. The van der Waals surface area contributed by atoms with Crippen molar-refractivity contribution in [2.75, 3.05) is 26.2 Å². The molecule has 0 unspecified atom stereocenters. The number of nitrogens with zero attached hydrogens (tertiary/aromatic N) is 2. The highest BCUT2D eigenvalue weighted by molar-refractivity contribution is 7.07. The second-order valence-electron chi connectivity index (χ2n) is 7.03. The summed E-state index contributed by atoms with van der Waals surface area (Å²) in [7, 11) is 0. The SMILES string of the molecule is O=C(O)C(F)(F)F.O=C1CO[C@@H]2CN(Cc3ccsc3)C[C@H]2N1CC1CC1. The summed E-state index contributed by atoms with van der Waals surface area (Å²) in [5.41, 5.74) is 1.37. The van der Waals surface area contributed by atoms with E-state index < -0.39 is 12.1 Å². The minimum absolute atomic E-state index is 0.190. The first-order valence-corrected chi connectivity index (χ1v) is 9.63. The van der Waals surface area contributed by atoms with Gasteiger partial charge in [0, 0.05) is 26.2 Å². The van der Waals surface area contributed by atoms with Crippen molar-refractivity contribution < 1.29 is 32.6 Å². The molecule has 1 saturated carbocycles. The van der Waals surface area contributed by atoms with Crippen molar-refractivity contribution >= 4 is 23.2 Å². The molecule has 1 aliphatic carbocycles. The zero-order valence-electron chi connectivity index (χ0n) is 14.5. The number of carboxylic acid groups (broad SMARTS) is 1. The number of carboxylic acids is 1. The molecule has 150 valence electrons. The van der Waals surface area contributed by atoms with Gasteiger partial charge in [-0.25, -0.2) is 4.79 Å². The quantitative estimate of drug-likeness (QED) is 0.830. The number of fused-ring (bicyclic) bond motifs is 1. The van der Waals surface area contributed by atoms with Gasteiger partial charge in [-0.1, -0.05) is 0 Å². The van der Waals surface area contributed by atoms with Gasteiger partial charge in [0.05, 0.1) is 12.1 Å². The number of rotatable bonds is 4. The van der Waals surface area contributed by atoms with E-state index in [-0.39, 0.29) is 24.7 Å². The maximum absolute atomic E-state index is 12.1. The van der Waals surface area contributed by atoms with Crippen LogP contribution in [0.15, 0.2) is 16.8 Å². The van der Waals surface area contributed by atoms with E-state index in [0.717, 1.165) is 32.1 Å². The second-order valence-corrected chi connectivity index (χ2v) is 7.81. The number of ether oxygens (including phenoxy) is 1. The number of halogens is 3. The molecule has 0 bridgehead atoms. The Morgan fingerprint density at radius 3 is 2.59 bits per heavy atom. The molecule has 3 aliphatic rings. The van der Waals surface area contributed by atoms with Crippen LogP contribution in [0.3, 0.4) is 0 Å². The highest BCUT2D eigenvalue weighted by Gasteiger charge is 2.44. The van der Waals surface area contributed by atoms with Crippen LogP contribution in [0.4, 0.5) is 13.2 Å². The van der Waals surface area contributed by atoms with Crippen molar-refractivity contribution in [3.8, 4) is 0 Å².